The average molecular weight is 145 g/mol. The molecular formula is C7H15NO2. The fourth-order valence-electron chi connectivity index (χ4n) is 0.569. The van der Waals surface area contributed by atoms with Gasteiger partial charge >= 0.3 is 0 Å². The number of carbonyl (C=O) groups excluding carboxylic acids is 1. The fourth-order valence-corrected chi connectivity index (χ4v) is 0.569. The van der Waals surface area contributed by atoms with Gasteiger partial charge < -0.3 is 10.1 Å². The SMILES string of the molecule is CCC(=O)NCCCOC. The second-order valence-corrected chi connectivity index (χ2v) is 2.05. The largest absolute Gasteiger partial charge is 0.385 e. The second-order valence-electron chi connectivity index (χ2n) is 2.05. The zero-order chi connectivity index (χ0) is 7.82. The maximum atomic E-state index is 10.6. The summed E-state index contributed by atoms with van der Waals surface area (Å²) in [5, 5.41) is 2.75. The summed E-state index contributed by atoms with van der Waals surface area (Å²) >= 11 is 0. The molecule has 0 radical (unpaired) electrons. The van der Waals surface area contributed by atoms with E-state index in [0.29, 0.717) is 13.0 Å². The van der Waals surface area contributed by atoms with Gasteiger partial charge in [-0.05, 0) is 6.42 Å². The van der Waals surface area contributed by atoms with Gasteiger partial charge in [-0.25, -0.2) is 0 Å². The highest BCUT2D eigenvalue weighted by Crippen LogP contribution is 1.79. The van der Waals surface area contributed by atoms with E-state index in [9.17, 15) is 4.79 Å². The van der Waals surface area contributed by atoms with Crippen LogP contribution < -0.4 is 5.32 Å². The number of methoxy groups -OCH3 is 1. The maximum absolute atomic E-state index is 10.6. The van der Waals surface area contributed by atoms with E-state index >= 15 is 0 Å². The lowest BCUT2D eigenvalue weighted by Gasteiger charge is -2.01. The zero-order valence-electron chi connectivity index (χ0n) is 6.64. The van der Waals surface area contributed by atoms with Gasteiger partial charge in [0, 0.05) is 26.7 Å². The summed E-state index contributed by atoms with van der Waals surface area (Å²) in [6.07, 6.45) is 1.45. The first-order chi connectivity index (χ1) is 4.81. The number of rotatable bonds is 5. The van der Waals surface area contributed by atoms with Crippen LogP contribution in [0.1, 0.15) is 19.8 Å². The number of hydrogen-bond donors (Lipinski definition) is 1. The molecule has 0 saturated carbocycles. The number of amides is 1. The molecule has 0 fully saturated rings. The third kappa shape index (κ3) is 5.56. The van der Waals surface area contributed by atoms with E-state index in [1.165, 1.54) is 0 Å². The minimum atomic E-state index is 0.108. The van der Waals surface area contributed by atoms with Crippen molar-refractivity contribution in [1.82, 2.24) is 5.32 Å². The molecule has 3 nitrogen and oxygen atoms in total. The molecule has 0 spiro atoms. The number of hydrogen-bond acceptors (Lipinski definition) is 2. The van der Waals surface area contributed by atoms with E-state index in [2.05, 4.69) is 5.32 Å². The summed E-state index contributed by atoms with van der Waals surface area (Å²) in [7, 11) is 1.65. The van der Waals surface area contributed by atoms with Crippen molar-refractivity contribution in [3.63, 3.8) is 0 Å². The summed E-state index contributed by atoms with van der Waals surface area (Å²) in [4.78, 5) is 10.6. The second kappa shape index (κ2) is 6.55. The molecule has 0 aliphatic heterocycles. The topological polar surface area (TPSA) is 38.3 Å². The molecule has 1 amide bonds. The van der Waals surface area contributed by atoms with Crippen LogP contribution in [0.25, 0.3) is 0 Å². The van der Waals surface area contributed by atoms with Crippen molar-refractivity contribution in [3.8, 4) is 0 Å². The molecule has 0 saturated heterocycles. The molecule has 60 valence electrons. The molecular weight excluding hydrogens is 130 g/mol. The molecule has 0 atom stereocenters. The van der Waals surface area contributed by atoms with Crippen molar-refractivity contribution >= 4 is 5.91 Å². The first kappa shape index (κ1) is 9.43. The number of carbonyl (C=O) groups is 1. The highest BCUT2D eigenvalue weighted by molar-refractivity contribution is 5.75. The van der Waals surface area contributed by atoms with Crippen LogP contribution in [0.3, 0.4) is 0 Å². The average Bonchev–Trinajstić information content (AvgIpc) is 1.98. The molecule has 0 aromatic carbocycles. The van der Waals surface area contributed by atoms with Crippen molar-refractivity contribution in [3.05, 3.63) is 0 Å². The van der Waals surface area contributed by atoms with Crippen molar-refractivity contribution in [2.24, 2.45) is 0 Å². The third-order valence-electron chi connectivity index (χ3n) is 1.17. The molecule has 0 aromatic rings. The van der Waals surface area contributed by atoms with E-state index < -0.39 is 0 Å². The van der Waals surface area contributed by atoms with Crippen molar-refractivity contribution in [2.75, 3.05) is 20.3 Å². The maximum Gasteiger partial charge on any atom is 0.219 e. The van der Waals surface area contributed by atoms with Gasteiger partial charge in [0.1, 0.15) is 0 Å². The Labute approximate surface area is 61.8 Å². The Morgan fingerprint density at radius 2 is 2.30 bits per heavy atom. The molecule has 10 heavy (non-hydrogen) atoms. The minimum Gasteiger partial charge on any atom is -0.385 e. The van der Waals surface area contributed by atoms with E-state index in [4.69, 9.17) is 4.74 Å². The van der Waals surface area contributed by atoms with Crippen LogP contribution in [-0.4, -0.2) is 26.2 Å². The van der Waals surface area contributed by atoms with Gasteiger partial charge in [0.15, 0.2) is 0 Å². The first-order valence-corrected chi connectivity index (χ1v) is 3.57. The zero-order valence-corrected chi connectivity index (χ0v) is 6.64. The van der Waals surface area contributed by atoms with Gasteiger partial charge in [-0.2, -0.15) is 0 Å². The van der Waals surface area contributed by atoms with Crippen LogP contribution in [-0.2, 0) is 9.53 Å². The van der Waals surface area contributed by atoms with Crippen LogP contribution in [0.5, 0.6) is 0 Å². The monoisotopic (exact) mass is 145 g/mol. The Morgan fingerprint density at radius 3 is 2.80 bits per heavy atom. The van der Waals surface area contributed by atoms with Crippen molar-refractivity contribution in [2.45, 2.75) is 19.8 Å². The third-order valence-corrected chi connectivity index (χ3v) is 1.17. The van der Waals surface area contributed by atoms with Crippen LogP contribution in [0.4, 0.5) is 0 Å². The molecule has 0 rings (SSSR count). The van der Waals surface area contributed by atoms with E-state index in [1.54, 1.807) is 7.11 Å². The smallest absolute Gasteiger partial charge is 0.219 e. The van der Waals surface area contributed by atoms with Crippen LogP contribution in [0.15, 0.2) is 0 Å². The highest BCUT2D eigenvalue weighted by Gasteiger charge is 1.93. The van der Waals surface area contributed by atoms with Gasteiger partial charge in [0.25, 0.3) is 0 Å². The molecule has 0 aliphatic carbocycles. The lowest BCUT2D eigenvalue weighted by Crippen LogP contribution is -2.23. The first-order valence-electron chi connectivity index (χ1n) is 3.57. The molecule has 0 aliphatic rings. The van der Waals surface area contributed by atoms with Crippen molar-refractivity contribution < 1.29 is 9.53 Å². The molecule has 1 N–H and O–H groups in total. The van der Waals surface area contributed by atoms with Gasteiger partial charge in [0.05, 0.1) is 0 Å². The summed E-state index contributed by atoms with van der Waals surface area (Å²) in [6.45, 7) is 3.27. The van der Waals surface area contributed by atoms with E-state index in [-0.39, 0.29) is 5.91 Å². The Bertz CT molecular complexity index is 93.6. The Kier molecular flexibility index (Phi) is 6.18. The summed E-state index contributed by atoms with van der Waals surface area (Å²) < 4.78 is 4.81. The van der Waals surface area contributed by atoms with E-state index in [0.717, 1.165) is 13.0 Å². The molecule has 3 heteroatoms. The lowest BCUT2D eigenvalue weighted by atomic mass is 10.4. The van der Waals surface area contributed by atoms with E-state index in [1.807, 2.05) is 6.92 Å². The van der Waals surface area contributed by atoms with Crippen LogP contribution in [0, 0.1) is 0 Å². The Morgan fingerprint density at radius 1 is 1.60 bits per heavy atom. The lowest BCUT2D eigenvalue weighted by molar-refractivity contribution is -0.120. The van der Waals surface area contributed by atoms with Gasteiger partial charge in [-0.1, -0.05) is 6.92 Å². The number of nitrogens with one attached hydrogen (secondary N) is 1. The van der Waals surface area contributed by atoms with Gasteiger partial charge in [0.2, 0.25) is 5.91 Å². The minimum absolute atomic E-state index is 0.108. The summed E-state index contributed by atoms with van der Waals surface area (Å²) in [5.74, 6) is 0.108. The quantitative estimate of drug-likeness (QED) is 0.574. The normalized spacial score (nSPS) is 9.40. The van der Waals surface area contributed by atoms with Crippen molar-refractivity contribution in [1.29, 1.82) is 0 Å². The predicted molar refractivity (Wildman–Crippen MR) is 39.8 cm³/mol. The van der Waals surface area contributed by atoms with Gasteiger partial charge in [-0.15, -0.1) is 0 Å². The highest BCUT2D eigenvalue weighted by atomic mass is 16.5. The van der Waals surface area contributed by atoms with Gasteiger partial charge in [-0.3, -0.25) is 4.79 Å². The standard InChI is InChI=1S/C7H15NO2/c1-3-7(9)8-5-4-6-10-2/h3-6H2,1-2H3,(H,8,9). The molecule has 0 bridgehead atoms. The van der Waals surface area contributed by atoms with Crippen LogP contribution >= 0.6 is 0 Å². The number of ether oxygens (including phenoxy) is 1. The Hall–Kier alpha value is -0.570. The molecule has 0 unspecified atom stereocenters. The summed E-state index contributed by atoms with van der Waals surface area (Å²) in [5.41, 5.74) is 0. The fraction of sp³-hybridized carbons (Fsp3) is 0.857. The predicted octanol–water partition coefficient (Wildman–Crippen LogP) is 0.549. The molecule has 0 aromatic heterocycles. The summed E-state index contributed by atoms with van der Waals surface area (Å²) in [6, 6.07) is 0. The molecule has 0 heterocycles. The Balaban J connectivity index is 2.96. The van der Waals surface area contributed by atoms with Crippen LogP contribution in [0.2, 0.25) is 0 Å².